The molecule has 0 saturated heterocycles. The van der Waals surface area contributed by atoms with E-state index in [0.29, 0.717) is 5.56 Å². The molecule has 3 aromatic rings. The smallest absolute Gasteiger partial charge is 0.338 e. The van der Waals surface area contributed by atoms with Gasteiger partial charge in [-0.1, -0.05) is 30.9 Å². The molecule has 1 aliphatic rings. The van der Waals surface area contributed by atoms with Crippen LogP contribution in [0.1, 0.15) is 57.9 Å². The normalized spacial score (nSPS) is 12.2. The molecule has 0 saturated carbocycles. The first kappa shape index (κ1) is 23.4. The van der Waals surface area contributed by atoms with Crippen molar-refractivity contribution in [3.63, 3.8) is 0 Å². The lowest BCUT2D eigenvalue weighted by Gasteiger charge is -2.31. The number of nitrogens with one attached hydrogen (secondary N) is 2. The summed E-state index contributed by atoms with van der Waals surface area (Å²) in [6.07, 6.45) is 1.58. The van der Waals surface area contributed by atoms with Gasteiger partial charge in [0, 0.05) is 53.6 Å². The lowest BCUT2D eigenvalue weighted by molar-refractivity contribution is 0.0548. The van der Waals surface area contributed by atoms with Crippen LogP contribution < -0.4 is 15.4 Å². The second kappa shape index (κ2) is 10.0. The van der Waals surface area contributed by atoms with Crippen LogP contribution in [0.2, 0.25) is 0 Å². The number of esters is 1. The van der Waals surface area contributed by atoms with Crippen molar-refractivity contribution in [3.05, 3.63) is 94.6 Å². The zero-order valence-electron chi connectivity index (χ0n) is 20.3. The molecule has 0 spiro atoms. The average Bonchev–Trinajstić information content (AvgIpc) is 2.83. The zero-order valence-corrected chi connectivity index (χ0v) is 20.3. The summed E-state index contributed by atoms with van der Waals surface area (Å²) in [6, 6.07) is 16.1. The molecule has 176 valence electrons. The van der Waals surface area contributed by atoms with Gasteiger partial charge in [-0.25, -0.2) is 4.79 Å². The number of aryl methyl sites for hydroxylation is 2. The van der Waals surface area contributed by atoms with Crippen LogP contribution in [0.3, 0.4) is 0 Å². The van der Waals surface area contributed by atoms with Crippen molar-refractivity contribution in [1.29, 1.82) is 0 Å². The minimum absolute atomic E-state index is 0.171. The van der Waals surface area contributed by atoms with Crippen molar-refractivity contribution in [3.8, 4) is 11.5 Å². The molecule has 0 radical (unpaired) electrons. The predicted octanol–water partition coefficient (Wildman–Crippen LogP) is 6.80. The maximum Gasteiger partial charge on any atom is 0.338 e. The van der Waals surface area contributed by atoms with Gasteiger partial charge in [-0.2, -0.15) is 0 Å². The fourth-order valence-corrected chi connectivity index (χ4v) is 4.58. The Hall–Kier alpha value is -3.73. The number of carbonyl (C=O) groups excluding carboxylic acids is 1. The molecule has 3 aromatic carbocycles. The maximum atomic E-state index is 13.0. The van der Waals surface area contributed by atoms with Crippen molar-refractivity contribution in [1.82, 2.24) is 0 Å². The van der Waals surface area contributed by atoms with E-state index in [0.717, 1.165) is 63.8 Å². The summed E-state index contributed by atoms with van der Waals surface area (Å²) >= 11 is 0. The van der Waals surface area contributed by atoms with Crippen LogP contribution in [0.25, 0.3) is 0 Å². The highest BCUT2D eigenvalue weighted by Crippen LogP contribution is 2.50. The van der Waals surface area contributed by atoms with Gasteiger partial charge < -0.3 is 20.1 Å². The van der Waals surface area contributed by atoms with Crippen LogP contribution in [-0.2, 0) is 4.74 Å². The highest BCUT2D eigenvalue weighted by atomic mass is 16.5. The van der Waals surface area contributed by atoms with E-state index in [9.17, 15) is 4.79 Å². The van der Waals surface area contributed by atoms with E-state index in [4.69, 9.17) is 9.47 Å². The summed E-state index contributed by atoms with van der Waals surface area (Å²) in [4.78, 5) is 13.0. The largest absolute Gasteiger partial charge is 0.458 e. The Morgan fingerprint density at radius 3 is 2.03 bits per heavy atom. The van der Waals surface area contributed by atoms with Crippen LogP contribution in [0.15, 0.2) is 61.2 Å². The number of fused-ring (bicyclic) bond motifs is 2. The van der Waals surface area contributed by atoms with Gasteiger partial charge >= 0.3 is 5.97 Å². The first-order valence-electron chi connectivity index (χ1n) is 11.8. The molecule has 1 heterocycles. The number of anilines is 2. The van der Waals surface area contributed by atoms with Gasteiger partial charge in [0.25, 0.3) is 0 Å². The first-order valence-corrected chi connectivity index (χ1v) is 11.8. The number of carbonyl (C=O) groups is 1. The van der Waals surface area contributed by atoms with Crippen LogP contribution in [0.4, 0.5) is 11.4 Å². The summed E-state index contributed by atoms with van der Waals surface area (Å²) < 4.78 is 11.9. The lowest BCUT2D eigenvalue weighted by Crippen LogP contribution is -2.17. The molecular formula is C29H32N2O3. The Morgan fingerprint density at radius 1 is 0.941 bits per heavy atom. The molecule has 0 atom stereocenters. The fourth-order valence-electron chi connectivity index (χ4n) is 4.58. The summed E-state index contributed by atoms with van der Waals surface area (Å²) in [5.74, 6) is 1.06. The van der Waals surface area contributed by atoms with Crippen LogP contribution in [0, 0.1) is 13.8 Å². The standard InChI is InChI=1S/C29H32N2O3/c1-6-13-33-29(32)21-12-10-9-11-20(21)28-22-14-18(4)24(30-7-2)16-26(22)34-27-17-25(31-8-3)19(5)15-23(27)28/h6,9-12,14-17,28,30-31H,1,7-8,13H2,2-5H3. The molecule has 0 aromatic heterocycles. The van der Waals surface area contributed by atoms with E-state index in [1.165, 1.54) is 0 Å². The summed E-state index contributed by atoms with van der Waals surface area (Å²) in [6.45, 7) is 13.8. The highest BCUT2D eigenvalue weighted by Gasteiger charge is 2.33. The van der Waals surface area contributed by atoms with Crippen LogP contribution >= 0.6 is 0 Å². The molecular weight excluding hydrogens is 424 g/mol. The van der Waals surface area contributed by atoms with Crippen LogP contribution in [-0.4, -0.2) is 25.7 Å². The number of hydrogen-bond acceptors (Lipinski definition) is 5. The number of rotatable bonds is 8. The van der Waals surface area contributed by atoms with Gasteiger partial charge in [0.2, 0.25) is 0 Å². The zero-order chi connectivity index (χ0) is 24.2. The van der Waals surface area contributed by atoms with Crippen molar-refractivity contribution in [2.75, 3.05) is 30.3 Å². The Kier molecular flexibility index (Phi) is 6.92. The SMILES string of the molecule is C=CCOC(=O)c1ccccc1C1c2cc(C)c(NCC)cc2Oc2cc(NCC)c(C)cc21. The monoisotopic (exact) mass is 456 g/mol. The molecule has 5 nitrogen and oxygen atoms in total. The molecule has 34 heavy (non-hydrogen) atoms. The average molecular weight is 457 g/mol. The summed E-state index contributed by atoms with van der Waals surface area (Å²) in [7, 11) is 0. The number of ether oxygens (including phenoxy) is 2. The molecule has 4 rings (SSSR count). The van der Waals surface area contributed by atoms with E-state index < -0.39 is 0 Å². The minimum Gasteiger partial charge on any atom is -0.458 e. The van der Waals surface area contributed by atoms with Crippen molar-refractivity contribution < 1.29 is 14.3 Å². The second-order valence-electron chi connectivity index (χ2n) is 8.48. The van der Waals surface area contributed by atoms with Gasteiger partial charge in [-0.05, 0) is 62.6 Å². The van der Waals surface area contributed by atoms with Gasteiger partial charge in [-0.15, -0.1) is 0 Å². The predicted molar refractivity (Wildman–Crippen MR) is 139 cm³/mol. The molecule has 2 N–H and O–H groups in total. The topological polar surface area (TPSA) is 59.6 Å². The third kappa shape index (κ3) is 4.38. The van der Waals surface area contributed by atoms with Gasteiger partial charge in [0.1, 0.15) is 18.1 Å². The first-order chi connectivity index (χ1) is 16.5. The van der Waals surface area contributed by atoms with E-state index >= 15 is 0 Å². The number of benzene rings is 3. The highest BCUT2D eigenvalue weighted by molar-refractivity contribution is 5.92. The third-order valence-electron chi connectivity index (χ3n) is 6.11. The Bertz CT molecular complexity index is 1170. The van der Waals surface area contributed by atoms with Gasteiger partial charge in [-0.3, -0.25) is 0 Å². The quantitative estimate of drug-likeness (QED) is 0.226. The molecule has 5 heteroatoms. The van der Waals surface area contributed by atoms with E-state index in [1.54, 1.807) is 6.08 Å². The molecule has 0 fully saturated rings. The number of hydrogen-bond donors (Lipinski definition) is 2. The van der Waals surface area contributed by atoms with Crippen LogP contribution in [0.5, 0.6) is 11.5 Å². The minimum atomic E-state index is -0.355. The summed E-state index contributed by atoms with van der Waals surface area (Å²) in [5, 5.41) is 6.84. The second-order valence-corrected chi connectivity index (χ2v) is 8.48. The van der Waals surface area contributed by atoms with Crippen molar-refractivity contribution in [2.24, 2.45) is 0 Å². The maximum absolute atomic E-state index is 13.0. The van der Waals surface area contributed by atoms with Crippen molar-refractivity contribution in [2.45, 2.75) is 33.6 Å². The van der Waals surface area contributed by atoms with Gasteiger partial charge in [0.15, 0.2) is 0 Å². The molecule has 0 aliphatic carbocycles. The lowest BCUT2D eigenvalue weighted by atomic mass is 9.79. The molecule has 1 aliphatic heterocycles. The Labute approximate surface area is 201 Å². The third-order valence-corrected chi connectivity index (χ3v) is 6.11. The van der Waals surface area contributed by atoms with E-state index in [2.05, 4.69) is 69.2 Å². The molecule has 0 unspecified atom stereocenters. The van der Waals surface area contributed by atoms with Crippen molar-refractivity contribution >= 4 is 17.3 Å². The molecule has 0 bridgehead atoms. The fraction of sp³-hybridized carbons (Fsp3) is 0.276. The van der Waals surface area contributed by atoms with Gasteiger partial charge in [0.05, 0.1) is 5.56 Å². The Balaban J connectivity index is 1.94. The van der Waals surface area contributed by atoms with E-state index in [1.807, 2.05) is 24.3 Å². The van der Waals surface area contributed by atoms with E-state index in [-0.39, 0.29) is 18.5 Å². The summed E-state index contributed by atoms with van der Waals surface area (Å²) in [5.41, 5.74) is 7.86. The molecule has 0 amide bonds. The Morgan fingerprint density at radius 2 is 1.50 bits per heavy atom.